The van der Waals surface area contributed by atoms with Crippen molar-refractivity contribution in [2.45, 2.75) is 51.7 Å². The Bertz CT molecular complexity index is 571. The predicted molar refractivity (Wildman–Crippen MR) is 89.2 cm³/mol. The molecule has 0 spiro atoms. The molecule has 1 aromatic rings. The Morgan fingerprint density at radius 1 is 1.41 bits per heavy atom. The second-order valence-electron chi connectivity index (χ2n) is 5.89. The molecule has 1 saturated heterocycles. The summed E-state index contributed by atoms with van der Waals surface area (Å²) in [6.45, 7) is 4.05. The maximum atomic E-state index is 12.7. The van der Waals surface area contributed by atoms with Crippen LogP contribution in [0.5, 0.6) is 0 Å². The topological polar surface area (TPSA) is 47.3 Å². The van der Waals surface area contributed by atoms with E-state index in [9.17, 15) is 9.59 Å². The van der Waals surface area contributed by atoms with Gasteiger partial charge in [-0.15, -0.1) is 0 Å². The fourth-order valence-electron chi connectivity index (χ4n) is 2.84. The normalized spacial score (nSPS) is 24.4. The number of cyclic esters (lactones) is 1. The number of ketones is 1. The minimum absolute atomic E-state index is 0.0244. The standard InChI is InChI=1S/C16H20Br2NO3/c1-3-4-5-11-6-15(21)22-16(11,2)14(20)10-19-8-12(17)7-13(18)9-19/h7-9,11H,3-6,10H2,1-2H3/q+1/t11-,16+/m0/s1. The van der Waals surface area contributed by atoms with Crippen molar-refractivity contribution in [1.82, 2.24) is 0 Å². The summed E-state index contributed by atoms with van der Waals surface area (Å²) in [6.07, 6.45) is 6.90. The molecule has 2 rings (SSSR count). The lowest BCUT2D eigenvalue weighted by atomic mass is 9.82. The molecule has 6 heteroatoms. The number of pyridine rings is 1. The molecule has 2 atom stereocenters. The van der Waals surface area contributed by atoms with Crippen molar-refractivity contribution in [2.75, 3.05) is 0 Å². The van der Waals surface area contributed by atoms with E-state index in [4.69, 9.17) is 4.74 Å². The number of carbonyl (C=O) groups excluding carboxylic acids is 2. The van der Waals surface area contributed by atoms with Crippen molar-refractivity contribution in [3.8, 4) is 0 Å². The largest absolute Gasteiger partial charge is 0.451 e. The first kappa shape index (κ1) is 17.6. The minimum atomic E-state index is -1.01. The van der Waals surface area contributed by atoms with Crippen LogP contribution in [0.4, 0.5) is 0 Å². The Hall–Kier alpha value is -0.750. The van der Waals surface area contributed by atoms with Gasteiger partial charge in [-0.3, -0.25) is 9.59 Å². The van der Waals surface area contributed by atoms with Crippen molar-refractivity contribution in [2.24, 2.45) is 5.92 Å². The van der Waals surface area contributed by atoms with Gasteiger partial charge in [0.05, 0.1) is 15.4 Å². The first-order valence-corrected chi connectivity index (χ1v) is 9.04. The van der Waals surface area contributed by atoms with Gasteiger partial charge in [0.15, 0.2) is 18.0 Å². The zero-order valence-corrected chi connectivity index (χ0v) is 15.9. The molecule has 1 aromatic heterocycles. The highest BCUT2D eigenvalue weighted by Crippen LogP contribution is 2.37. The molecule has 0 N–H and O–H groups in total. The number of aromatic nitrogens is 1. The average Bonchev–Trinajstić information content (AvgIpc) is 2.71. The molecule has 0 unspecified atom stereocenters. The third-order valence-corrected chi connectivity index (χ3v) is 5.03. The summed E-state index contributed by atoms with van der Waals surface area (Å²) in [5.74, 6) is -0.351. The minimum Gasteiger partial charge on any atom is -0.451 e. The molecule has 0 aliphatic carbocycles. The van der Waals surface area contributed by atoms with Gasteiger partial charge in [0.25, 0.3) is 0 Å². The van der Waals surface area contributed by atoms with Crippen LogP contribution in [-0.2, 0) is 20.9 Å². The molecule has 2 heterocycles. The van der Waals surface area contributed by atoms with Crippen LogP contribution in [0.1, 0.15) is 39.5 Å². The Kier molecular flexibility index (Phi) is 5.77. The molecule has 0 amide bonds. The lowest BCUT2D eigenvalue weighted by Gasteiger charge is -2.26. The van der Waals surface area contributed by atoms with Crippen LogP contribution < -0.4 is 4.57 Å². The molecular weight excluding hydrogens is 414 g/mol. The Morgan fingerprint density at radius 3 is 2.64 bits per heavy atom. The zero-order valence-electron chi connectivity index (χ0n) is 12.8. The summed E-state index contributed by atoms with van der Waals surface area (Å²) in [5, 5.41) is 0. The maximum absolute atomic E-state index is 12.7. The zero-order chi connectivity index (χ0) is 16.3. The van der Waals surface area contributed by atoms with Crippen LogP contribution in [0.25, 0.3) is 0 Å². The summed E-state index contributed by atoms with van der Waals surface area (Å²) >= 11 is 6.82. The van der Waals surface area contributed by atoms with Gasteiger partial charge in [0, 0.05) is 5.92 Å². The highest BCUT2D eigenvalue weighted by Gasteiger charge is 2.51. The highest BCUT2D eigenvalue weighted by molar-refractivity contribution is 9.11. The van der Waals surface area contributed by atoms with E-state index in [0.29, 0.717) is 6.42 Å². The maximum Gasteiger partial charge on any atom is 0.307 e. The van der Waals surface area contributed by atoms with E-state index in [-0.39, 0.29) is 24.2 Å². The monoisotopic (exact) mass is 432 g/mol. The van der Waals surface area contributed by atoms with Crippen LogP contribution in [0.2, 0.25) is 0 Å². The van der Waals surface area contributed by atoms with Gasteiger partial charge < -0.3 is 4.74 Å². The molecule has 0 bridgehead atoms. The number of rotatable bonds is 6. The van der Waals surface area contributed by atoms with E-state index < -0.39 is 5.60 Å². The number of halogens is 2. The smallest absolute Gasteiger partial charge is 0.307 e. The summed E-state index contributed by atoms with van der Waals surface area (Å²) in [5.41, 5.74) is -1.01. The van der Waals surface area contributed by atoms with Gasteiger partial charge >= 0.3 is 5.97 Å². The van der Waals surface area contributed by atoms with E-state index >= 15 is 0 Å². The van der Waals surface area contributed by atoms with Crippen LogP contribution in [0.3, 0.4) is 0 Å². The summed E-state index contributed by atoms with van der Waals surface area (Å²) in [7, 11) is 0. The lowest BCUT2D eigenvalue weighted by molar-refractivity contribution is -0.686. The fourth-order valence-corrected chi connectivity index (χ4v) is 4.17. The number of carbonyl (C=O) groups is 2. The number of unbranched alkanes of at least 4 members (excludes halogenated alkanes) is 1. The van der Waals surface area contributed by atoms with Crippen LogP contribution in [0, 0.1) is 5.92 Å². The number of hydrogen-bond donors (Lipinski definition) is 0. The van der Waals surface area contributed by atoms with Gasteiger partial charge in [-0.25, -0.2) is 0 Å². The van der Waals surface area contributed by atoms with Gasteiger partial charge in [-0.1, -0.05) is 19.8 Å². The van der Waals surface area contributed by atoms with Crippen LogP contribution in [0.15, 0.2) is 27.4 Å². The second-order valence-corrected chi connectivity index (χ2v) is 7.72. The first-order chi connectivity index (χ1) is 10.3. The molecule has 0 aromatic carbocycles. The summed E-state index contributed by atoms with van der Waals surface area (Å²) < 4.78 is 8.98. The Labute approximate surface area is 147 Å². The average molecular weight is 434 g/mol. The van der Waals surface area contributed by atoms with Crippen LogP contribution >= 0.6 is 31.9 Å². The number of nitrogens with zero attached hydrogens (tertiary/aromatic N) is 1. The summed E-state index contributed by atoms with van der Waals surface area (Å²) in [4.78, 5) is 24.5. The van der Waals surface area contributed by atoms with Crippen LogP contribution in [-0.4, -0.2) is 17.4 Å². The quantitative estimate of drug-likeness (QED) is 0.508. The van der Waals surface area contributed by atoms with Crippen molar-refractivity contribution >= 4 is 43.6 Å². The Morgan fingerprint density at radius 2 is 2.05 bits per heavy atom. The molecular formula is C16H20Br2NO3+. The van der Waals surface area contributed by atoms with E-state index in [1.165, 1.54) is 0 Å². The molecule has 4 nitrogen and oxygen atoms in total. The Balaban J connectivity index is 2.16. The first-order valence-electron chi connectivity index (χ1n) is 7.45. The molecule has 1 aliphatic heterocycles. The van der Waals surface area contributed by atoms with Gasteiger partial charge in [0.1, 0.15) is 0 Å². The van der Waals surface area contributed by atoms with E-state index in [2.05, 4.69) is 38.8 Å². The van der Waals surface area contributed by atoms with Crippen molar-refractivity contribution in [3.63, 3.8) is 0 Å². The molecule has 0 saturated carbocycles. The third-order valence-electron chi connectivity index (χ3n) is 4.16. The number of Topliss-reactive ketones (excluding diaryl/α,β-unsaturated/α-hetero) is 1. The molecule has 0 radical (unpaired) electrons. The predicted octanol–water partition coefficient (Wildman–Crippen LogP) is 3.58. The molecule has 1 fully saturated rings. The molecule has 120 valence electrons. The second kappa shape index (κ2) is 7.21. The highest BCUT2D eigenvalue weighted by atomic mass is 79.9. The SMILES string of the molecule is CCCC[C@H]1CC(=O)O[C@@]1(C)C(=O)C[n+]1cc(Br)cc(Br)c1. The van der Waals surface area contributed by atoms with Crippen molar-refractivity contribution in [3.05, 3.63) is 27.4 Å². The molecule has 22 heavy (non-hydrogen) atoms. The molecule has 1 aliphatic rings. The number of ether oxygens (including phenoxy) is 1. The third kappa shape index (κ3) is 3.96. The lowest BCUT2D eigenvalue weighted by Crippen LogP contribution is -2.49. The van der Waals surface area contributed by atoms with E-state index in [0.717, 1.165) is 28.2 Å². The number of hydrogen-bond acceptors (Lipinski definition) is 3. The van der Waals surface area contributed by atoms with E-state index in [1.807, 2.05) is 18.5 Å². The number of esters is 1. The van der Waals surface area contributed by atoms with E-state index in [1.54, 1.807) is 11.5 Å². The van der Waals surface area contributed by atoms with Gasteiger partial charge in [-0.2, -0.15) is 4.57 Å². The van der Waals surface area contributed by atoms with Gasteiger partial charge in [0.2, 0.25) is 12.3 Å². The fraction of sp³-hybridized carbons (Fsp3) is 0.562. The van der Waals surface area contributed by atoms with Crippen molar-refractivity contribution in [1.29, 1.82) is 0 Å². The van der Waals surface area contributed by atoms with Gasteiger partial charge in [-0.05, 0) is 51.3 Å². The van der Waals surface area contributed by atoms with Crippen molar-refractivity contribution < 1.29 is 18.9 Å². The summed E-state index contributed by atoms with van der Waals surface area (Å²) in [6, 6.07) is 1.91.